The smallest absolute Gasteiger partial charge is 0.213 e. The van der Waals surface area contributed by atoms with E-state index in [-0.39, 0.29) is 6.10 Å². The van der Waals surface area contributed by atoms with Crippen molar-refractivity contribution in [1.82, 2.24) is 10.3 Å². The average molecular weight is 286 g/mol. The van der Waals surface area contributed by atoms with Crippen LogP contribution in [0, 0.1) is 0 Å². The standard InChI is InChI=1S/C17H22N2O2/c1-14(2)21-16-7-5-6-15(12-16)13-18-10-11-20-17-8-3-4-9-19-17/h3-9,12,14,18H,10-11,13H2,1-2H3. The third-order valence-corrected chi connectivity index (χ3v) is 2.77. The molecule has 2 aromatic rings. The van der Waals surface area contributed by atoms with Crippen LogP contribution < -0.4 is 14.8 Å². The number of pyridine rings is 1. The van der Waals surface area contributed by atoms with Crippen LogP contribution in [0.3, 0.4) is 0 Å². The lowest BCUT2D eigenvalue weighted by Crippen LogP contribution is -2.20. The quantitative estimate of drug-likeness (QED) is 0.758. The van der Waals surface area contributed by atoms with E-state index in [9.17, 15) is 0 Å². The second-order valence-electron chi connectivity index (χ2n) is 5.01. The molecule has 0 saturated heterocycles. The Labute approximate surface area is 126 Å². The fourth-order valence-corrected chi connectivity index (χ4v) is 1.89. The Hall–Kier alpha value is -2.07. The van der Waals surface area contributed by atoms with E-state index in [0.717, 1.165) is 18.8 Å². The Morgan fingerprint density at radius 2 is 2.05 bits per heavy atom. The summed E-state index contributed by atoms with van der Waals surface area (Å²) in [6, 6.07) is 13.8. The maximum Gasteiger partial charge on any atom is 0.213 e. The molecule has 0 radical (unpaired) electrons. The van der Waals surface area contributed by atoms with Crippen LogP contribution in [-0.2, 0) is 6.54 Å². The Bertz CT molecular complexity index is 529. The van der Waals surface area contributed by atoms with Crippen LogP contribution in [0.5, 0.6) is 11.6 Å². The van der Waals surface area contributed by atoms with E-state index < -0.39 is 0 Å². The number of rotatable bonds is 8. The van der Waals surface area contributed by atoms with Crippen molar-refractivity contribution in [3.63, 3.8) is 0 Å². The molecule has 0 bridgehead atoms. The summed E-state index contributed by atoms with van der Waals surface area (Å²) in [4.78, 5) is 4.11. The Balaban J connectivity index is 1.69. The molecular weight excluding hydrogens is 264 g/mol. The van der Waals surface area contributed by atoms with Crippen LogP contribution in [0.2, 0.25) is 0 Å². The number of benzene rings is 1. The van der Waals surface area contributed by atoms with Gasteiger partial charge in [-0.1, -0.05) is 18.2 Å². The molecule has 21 heavy (non-hydrogen) atoms. The predicted molar refractivity (Wildman–Crippen MR) is 83.6 cm³/mol. The SMILES string of the molecule is CC(C)Oc1cccc(CNCCOc2ccccn2)c1. The zero-order chi connectivity index (χ0) is 14.9. The molecule has 0 aliphatic heterocycles. The molecule has 1 aromatic carbocycles. The van der Waals surface area contributed by atoms with Gasteiger partial charge in [0.15, 0.2) is 0 Å². The van der Waals surface area contributed by atoms with E-state index >= 15 is 0 Å². The summed E-state index contributed by atoms with van der Waals surface area (Å²) in [5, 5.41) is 3.34. The monoisotopic (exact) mass is 286 g/mol. The number of hydrogen-bond acceptors (Lipinski definition) is 4. The summed E-state index contributed by atoms with van der Waals surface area (Å²) < 4.78 is 11.2. The minimum absolute atomic E-state index is 0.194. The van der Waals surface area contributed by atoms with Crippen LogP contribution in [0.25, 0.3) is 0 Å². The molecular formula is C17H22N2O2. The van der Waals surface area contributed by atoms with Crippen LogP contribution in [0.4, 0.5) is 0 Å². The first kappa shape index (κ1) is 15.3. The van der Waals surface area contributed by atoms with Gasteiger partial charge in [-0.15, -0.1) is 0 Å². The summed E-state index contributed by atoms with van der Waals surface area (Å²) in [7, 11) is 0. The zero-order valence-electron chi connectivity index (χ0n) is 12.6. The molecule has 2 rings (SSSR count). The maximum atomic E-state index is 5.68. The van der Waals surface area contributed by atoms with Crippen LogP contribution in [0.1, 0.15) is 19.4 Å². The largest absolute Gasteiger partial charge is 0.491 e. The number of hydrogen-bond donors (Lipinski definition) is 1. The van der Waals surface area contributed by atoms with Gasteiger partial charge in [0.2, 0.25) is 5.88 Å². The molecule has 4 heteroatoms. The Morgan fingerprint density at radius 3 is 2.81 bits per heavy atom. The summed E-state index contributed by atoms with van der Waals surface area (Å²) in [5.74, 6) is 1.57. The fraction of sp³-hybridized carbons (Fsp3) is 0.353. The molecule has 0 spiro atoms. The van der Waals surface area contributed by atoms with Gasteiger partial charge in [0, 0.05) is 25.4 Å². The third kappa shape index (κ3) is 5.83. The number of ether oxygens (including phenoxy) is 2. The summed E-state index contributed by atoms with van der Waals surface area (Å²) in [5.41, 5.74) is 1.20. The molecule has 0 aliphatic rings. The minimum Gasteiger partial charge on any atom is -0.491 e. The second kappa shape index (κ2) is 8.27. The number of nitrogens with zero attached hydrogens (tertiary/aromatic N) is 1. The highest BCUT2D eigenvalue weighted by atomic mass is 16.5. The van der Waals surface area contributed by atoms with E-state index in [1.807, 2.05) is 44.2 Å². The van der Waals surface area contributed by atoms with E-state index in [1.165, 1.54) is 5.56 Å². The van der Waals surface area contributed by atoms with Crippen molar-refractivity contribution in [2.45, 2.75) is 26.5 Å². The van der Waals surface area contributed by atoms with Crippen molar-refractivity contribution in [2.75, 3.05) is 13.2 Å². The molecule has 0 unspecified atom stereocenters. The lowest BCUT2D eigenvalue weighted by atomic mass is 10.2. The van der Waals surface area contributed by atoms with Crippen molar-refractivity contribution in [3.8, 4) is 11.6 Å². The normalized spacial score (nSPS) is 10.6. The molecule has 1 aromatic heterocycles. The number of aromatic nitrogens is 1. The van der Waals surface area contributed by atoms with Crippen LogP contribution in [0.15, 0.2) is 48.7 Å². The van der Waals surface area contributed by atoms with Gasteiger partial charge >= 0.3 is 0 Å². The van der Waals surface area contributed by atoms with E-state index in [1.54, 1.807) is 6.20 Å². The molecule has 0 fully saturated rings. The highest BCUT2D eigenvalue weighted by Crippen LogP contribution is 2.14. The van der Waals surface area contributed by atoms with Gasteiger partial charge in [0.05, 0.1) is 6.10 Å². The highest BCUT2D eigenvalue weighted by molar-refractivity contribution is 5.28. The zero-order valence-corrected chi connectivity index (χ0v) is 12.6. The van der Waals surface area contributed by atoms with Crippen molar-refractivity contribution < 1.29 is 9.47 Å². The molecule has 0 aliphatic carbocycles. The topological polar surface area (TPSA) is 43.4 Å². The molecule has 1 heterocycles. The maximum absolute atomic E-state index is 5.68. The highest BCUT2D eigenvalue weighted by Gasteiger charge is 1.99. The minimum atomic E-state index is 0.194. The average Bonchev–Trinajstić information content (AvgIpc) is 2.48. The molecule has 0 amide bonds. The first-order valence-electron chi connectivity index (χ1n) is 7.24. The molecule has 4 nitrogen and oxygen atoms in total. The first-order valence-corrected chi connectivity index (χ1v) is 7.24. The lowest BCUT2D eigenvalue weighted by molar-refractivity contribution is 0.242. The van der Waals surface area contributed by atoms with Crippen molar-refractivity contribution >= 4 is 0 Å². The van der Waals surface area contributed by atoms with Gasteiger partial charge in [-0.3, -0.25) is 0 Å². The molecule has 0 saturated carbocycles. The second-order valence-corrected chi connectivity index (χ2v) is 5.01. The van der Waals surface area contributed by atoms with Crippen molar-refractivity contribution in [1.29, 1.82) is 0 Å². The summed E-state index contributed by atoms with van der Waals surface area (Å²) in [6.45, 7) is 6.21. The van der Waals surface area contributed by atoms with Gasteiger partial charge in [-0.2, -0.15) is 0 Å². The van der Waals surface area contributed by atoms with Gasteiger partial charge in [-0.25, -0.2) is 4.98 Å². The van der Waals surface area contributed by atoms with Crippen molar-refractivity contribution in [2.24, 2.45) is 0 Å². The Kier molecular flexibility index (Phi) is 6.03. The lowest BCUT2D eigenvalue weighted by Gasteiger charge is -2.11. The third-order valence-electron chi connectivity index (χ3n) is 2.77. The van der Waals surface area contributed by atoms with E-state index in [2.05, 4.69) is 22.4 Å². The molecule has 112 valence electrons. The summed E-state index contributed by atoms with van der Waals surface area (Å²) >= 11 is 0. The Morgan fingerprint density at radius 1 is 1.14 bits per heavy atom. The van der Waals surface area contributed by atoms with Gasteiger partial charge in [0.25, 0.3) is 0 Å². The first-order chi connectivity index (χ1) is 10.2. The van der Waals surface area contributed by atoms with Crippen LogP contribution in [-0.4, -0.2) is 24.2 Å². The number of nitrogens with one attached hydrogen (secondary N) is 1. The van der Waals surface area contributed by atoms with Gasteiger partial charge in [0.1, 0.15) is 12.4 Å². The molecule has 1 N–H and O–H groups in total. The van der Waals surface area contributed by atoms with Crippen LogP contribution >= 0.6 is 0 Å². The van der Waals surface area contributed by atoms with Gasteiger partial charge in [-0.05, 0) is 37.6 Å². The predicted octanol–water partition coefficient (Wildman–Crippen LogP) is 3.04. The van der Waals surface area contributed by atoms with Gasteiger partial charge < -0.3 is 14.8 Å². The fourth-order valence-electron chi connectivity index (χ4n) is 1.89. The van der Waals surface area contributed by atoms with E-state index in [4.69, 9.17) is 9.47 Å². The summed E-state index contributed by atoms with van der Waals surface area (Å²) in [6.07, 6.45) is 1.92. The van der Waals surface area contributed by atoms with Crippen molar-refractivity contribution in [3.05, 3.63) is 54.2 Å². The molecule has 0 atom stereocenters. The van der Waals surface area contributed by atoms with E-state index in [0.29, 0.717) is 12.5 Å².